The molecule has 0 saturated carbocycles. The number of halogens is 1. The molecule has 2 nitrogen and oxygen atoms in total. The van der Waals surface area contributed by atoms with Gasteiger partial charge in [0, 0.05) is 22.8 Å². The molecule has 0 radical (unpaired) electrons. The van der Waals surface area contributed by atoms with Crippen LogP contribution < -0.4 is 5.32 Å². The summed E-state index contributed by atoms with van der Waals surface area (Å²) >= 11 is 7.88. The van der Waals surface area contributed by atoms with Gasteiger partial charge in [0.2, 0.25) is 5.91 Å². The number of anilines is 1. The van der Waals surface area contributed by atoms with E-state index < -0.39 is 0 Å². The number of carbonyl (C=O) groups excluding carboxylic acids is 1. The van der Waals surface area contributed by atoms with Gasteiger partial charge >= 0.3 is 0 Å². The molecular weight excluding hydrogens is 290 g/mol. The monoisotopic (exact) mass is 305 g/mol. The first-order valence-electron chi connectivity index (χ1n) is 6.41. The van der Waals surface area contributed by atoms with Gasteiger partial charge in [0.05, 0.1) is 5.38 Å². The number of hydrogen-bond acceptors (Lipinski definition) is 2. The third kappa shape index (κ3) is 5.27. The van der Waals surface area contributed by atoms with Crippen LogP contribution in [0, 0.1) is 0 Å². The zero-order valence-corrected chi connectivity index (χ0v) is 12.5. The molecule has 0 aliphatic carbocycles. The highest BCUT2D eigenvalue weighted by atomic mass is 35.5. The Labute approximate surface area is 128 Å². The van der Waals surface area contributed by atoms with E-state index in [1.807, 2.05) is 60.7 Å². The summed E-state index contributed by atoms with van der Waals surface area (Å²) in [5, 5.41) is 2.66. The molecule has 0 fully saturated rings. The van der Waals surface area contributed by atoms with Gasteiger partial charge in [-0.2, -0.15) is 0 Å². The standard InChI is InChI=1S/C16H16ClNOS/c17-13(12-20-15-9-5-2-6-10-15)11-16(19)18-14-7-3-1-4-8-14/h1-10,13H,11-12H2,(H,18,19). The first-order chi connectivity index (χ1) is 9.74. The van der Waals surface area contributed by atoms with Crippen LogP contribution in [0.3, 0.4) is 0 Å². The molecule has 0 aromatic heterocycles. The fraction of sp³-hybridized carbons (Fsp3) is 0.188. The highest BCUT2D eigenvalue weighted by Crippen LogP contribution is 2.21. The summed E-state index contributed by atoms with van der Waals surface area (Å²) in [4.78, 5) is 13.0. The number of hydrogen-bond donors (Lipinski definition) is 1. The smallest absolute Gasteiger partial charge is 0.225 e. The van der Waals surface area contributed by atoms with Crippen molar-refractivity contribution in [3.63, 3.8) is 0 Å². The molecule has 20 heavy (non-hydrogen) atoms. The predicted octanol–water partition coefficient (Wildman–Crippen LogP) is 4.41. The van der Waals surface area contributed by atoms with E-state index in [1.165, 1.54) is 4.90 Å². The first-order valence-corrected chi connectivity index (χ1v) is 7.83. The van der Waals surface area contributed by atoms with Gasteiger partial charge < -0.3 is 5.32 Å². The maximum Gasteiger partial charge on any atom is 0.225 e. The Morgan fingerprint density at radius 2 is 1.65 bits per heavy atom. The topological polar surface area (TPSA) is 29.1 Å². The molecule has 104 valence electrons. The number of nitrogens with one attached hydrogen (secondary N) is 1. The fourth-order valence-electron chi connectivity index (χ4n) is 1.70. The molecule has 1 N–H and O–H groups in total. The number of alkyl halides is 1. The van der Waals surface area contributed by atoms with Gasteiger partial charge in [-0.15, -0.1) is 23.4 Å². The molecule has 1 atom stereocenters. The normalized spacial score (nSPS) is 11.8. The number of rotatable bonds is 6. The maximum atomic E-state index is 11.8. The average molecular weight is 306 g/mol. The van der Waals surface area contributed by atoms with Crippen molar-refractivity contribution in [2.45, 2.75) is 16.7 Å². The van der Waals surface area contributed by atoms with E-state index >= 15 is 0 Å². The molecule has 0 aliphatic heterocycles. The number of amides is 1. The Kier molecular flexibility index (Phi) is 5.96. The number of benzene rings is 2. The Morgan fingerprint density at radius 1 is 1.05 bits per heavy atom. The van der Waals surface area contributed by atoms with Crippen molar-refractivity contribution in [1.82, 2.24) is 0 Å². The predicted molar refractivity (Wildman–Crippen MR) is 86.5 cm³/mol. The summed E-state index contributed by atoms with van der Waals surface area (Å²) in [6, 6.07) is 19.5. The molecule has 0 bridgehead atoms. The molecule has 0 spiro atoms. The van der Waals surface area contributed by atoms with Gasteiger partial charge in [-0.1, -0.05) is 36.4 Å². The highest BCUT2D eigenvalue weighted by Gasteiger charge is 2.11. The summed E-state index contributed by atoms with van der Waals surface area (Å²) in [5.74, 6) is 0.665. The molecule has 2 aromatic rings. The second-order valence-corrected chi connectivity index (χ2v) is 6.05. The van der Waals surface area contributed by atoms with E-state index in [4.69, 9.17) is 11.6 Å². The third-order valence-corrected chi connectivity index (χ3v) is 4.30. The van der Waals surface area contributed by atoms with Crippen molar-refractivity contribution in [2.75, 3.05) is 11.1 Å². The first kappa shape index (κ1) is 14.9. The van der Waals surface area contributed by atoms with E-state index in [0.29, 0.717) is 12.2 Å². The molecule has 1 amide bonds. The van der Waals surface area contributed by atoms with Crippen LogP contribution in [-0.2, 0) is 4.79 Å². The number of thioether (sulfide) groups is 1. The van der Waals surface area contributed by atoms with Crippen LogP contribution in [0.2, 0.25) is 0 Å². The van der Waals surface area contributed by atoms with Gasteiger partial charge in [0.15, 0.2) is 0 Å². The Morgan fingerprint density at radius 3 is 2.30 bits per heavy atom. The van der Waals surface area contributed by atoms with Crippen molar-refractivity contribution in [2.24, 2.45) is 0 Å². The fourth-order valence-corrected chi connectivity index (χ4v) is 2.87. The van der Waals surface area contributed by atoms with Crippen LogP contribution in [0.5, 0.6) is 0 Å². The van der Waals surface area contributed by atoms with Crippen LogP contribution in [-0.4, -0.2) is 17.0 Å². The SMILES string of the molecule is O=C(CC(Cl)CSc1ccccc1)Nc1ccccc1. The number of carbonyl (C=O) groups is 1. The zero-order chi connectivity index (χ0) is 14.2. The quantitative estimate of drug-likeness (QED) is 0.632. The summed E-state index contributed by atoms with van der Waals surface area (Å²) in [6.45, 7) is 0. The summed E-state index contributed by atoms with van der Waals surface area (Å²) in [7, 11) is 0. The summed E-state index contributed by atoms with van der Waals surface area (Å²) < 4.78 is 0. The lowest BCUT2D eigenvalue weighted by Gasteiger charge is -2.09. The van der Waals surface area contributed by atoms with E-state index in [1.54, 1.807) is 11.8 Å². The van der Waals surface area contributed by atoms with E-state index in [2.05, 4.69) is 5.32 Å². The zero-order valence-electron chi connectivity index (χ0n) is 11.0. The van der Waals surface area contributed by atoms with Crippen molar-refractivity contribution < 1.29 is 4.79 Å². The lowest BCUT2D eigenvalue weighted by Crippen LogP contribution is -2.17. The Hall–Kier alpha value is -1.45. The second kappa shape index (κ2) is 7.98. The van der Waals surface area contributed by atoms with Gasteiger partial charge in [0.1, 0.15) is 0 Å². The number of para-hydroxylation sites is 1. The van der Waals surface area contributed by atoms with Crippen molar-refractivity contribution in [3.8, 4) is 0 Å². The van der Waals surface area contributed by atoms with E-state index in [-0.39, 0.29) is 11.3 Å². The Balaban J connectivity index is 1.74. The van der Waals surface area contributed by atoms with Gasteiger partial charge in [-0.3, -0.25) is 4.79 Å². The van der Waals surface area contributed by atoms with Gasteiger partial charge in [-0.05, 0) is 24.3 Å². The van der Waals surface area contributed by atoms with Crippen LogP contribution in [0.1, 0.15) is 6.42 Å². The molecule has 0 saturated heterocycles. The summed E-state index contributed by atoms with van der Waals surface area (Å²) in [6.07, 6.45) is 0.316. The third-order valence-electron chi connectivity index (χ3n) is 2.64. The minimum atomic E-state index is -0.177. The van der Waals surface area contributed by atoms with Crippen molar-refractivity contribution in [3.05, 3.63) is 60.7 Å². The van der Waals surface area contributed by atoms with Crippen molar-refractivity contribution >= 4 is 35.0 Å². The van der Waals surface area contributed by atoms with Crippen LogP contribution in [0.4, 0.5) is 5.69 Å². The van der Waals surface area contributed by atoms with Crippen LogP contribution >= 0.6 is 23.4 Å². The minimum Gasteiger partial charge on any atom is -0.326 e. The largest absolute Gasteiger partial charge is 0.326 e. The molecule has 1 unspecified atom stereocenters. The molecule has 0 aliphatic rings. The minimum absolute atomic E-state index is 0.0511. The van der Waals surface area contributed by atoms with E-state index in [9.17, 15) is 4.79 Å². The van der Waals surface area contributed by atoms with Gasteiger partial charge in [-0.25, -0.2) is 0 Å². The molecule has 2 aromatic carbocycles. The second-order valence-electron chi connectivity index (χ2n) is 4.34. The molecular formula is C16H16ClNOS. The average Bonchev–Trinajstić information content (AvgIpc) is 2.47. The lowest BCUT2D eigenvalue weighted by atomic mass is 10.3. The maximum absolute atomic E-state index is 11.8. The van der Waals surface area contributed by atoms with Gasteiger partial charge in [0.25, 0.3) is 0 Å². The summed E-state index contributed by atoms with van der Waals surface area (Å²) in [5.41, 5.74) is 0.803. The highest BCUT2D eigenvalue weighted by molar-refractivity contribution is 7.99. The van der Waals surface area contributed by atoms with Crippen LogP contribution in [0.15, 0.2) is 65.6 Å². The molecule has 2 rings (SSSR count). The van der Waals surface area contributed by atoms with E-state index in [0.717, 1.165) is 5.69 Å². The van der Waals surface area contributed by atoms with Crippen molar-refractivity contribution in [1.29, 1.82) is 0 Å². The molecule has 4 heteroatoms. The Bertz CT molecular complexity index is 533. The molecule has 0 heterocycles. The lowest BCUT2D eigenvalue weighted by molar-refractivity contribution is -0.116. The van der Waals surface area contributed by atoms with Crippen LogP contribution in [0.25, 0.3) is 0 Å².